The Labute approximate surface area is 183 Å². The maximum atomic E-state index is 13.2. The summed E-state index contributed by atoms with van der Waals surface area (Å²) in [5, 5.41) is 3.87. The van der Waals surface area contributed by atoms with Crippen LogP contribution in [0.15, 0.2) is 41.3 Å². The van der Waals surface area contributed by atoms with Gasteiger partial charge >= 0.3 is 0 Å². The van der Waals surface area contributed by atoms with E-state index in [0.717, 1.165) is 64.1 Å². The lowest BCUT2D eigenvalue weighted by atomic mass is 9.96. The smallest absolute Gasteiger partial charge is 0.243 e. The molecule has 3 aromatic rings. The number of H-pyrrole nitrogens is 1. The van der Waals surface area contributed by atoms with Crippen LogP contribution < -0.4 is 5.32 Å². The van der Waals surface area contributed by atoms with Crippen LogP contribution in [0.1, 0.15) is 42.1 Å². The summed E-state index contributed by atoms with van der Waals surface area (Å²) in [6.07, 6.45) is 5.03. The molecular weight excluding hydrogens is 410 g/mol. The van der Waals surface area contributed by atoms with Crippen LogP contribution in [0, 0.1) is 6.92 Å². The summed E-state index contributed by atoms with van der Waals surface area (Å²) < 4.78 is 27.5. The molecule has 0 fully saturated rings. The Balaban J connectivity index is 1.55. The van der Waals surface area contributed by atoms with Gasteiger partial charge in [0.25, 0.3) is 0 Å². The van der Waals surface area contributed by atoms with Crippen molar-refractivity contribution in [3.8, 4) is 0 Å². The summed E-state index contributed by atoms with van der Waals surface area (Å²) in [6.45, 7) is 3.71. The summed E-state index contributed by atoms with van der Waals surface area (Å²) in [7, 11) is -2.34. The van der Waals surface area contributed by atoms with E-state index in [-0.39, 0.29) is 17.3 Å². The zero-order valence-corrected chi connectivity index (χ0v) is 19.1. The summed E-state index contributed by atoms with van der Waals surface area (Å²) in [5.74, 6) is -0.352. The number of likely N-dealkylation sites (N-methyl/N-ethyl adjacent to an activating group) is 1. The van der Waals surface area contributed by atoms with Gasteiger partial charge in [0.05, 0.1) is 11.4 Å². The number of fused-ring (bicyclic) bond motifs is 3. The van der Waals surface area contributed by atoms with E-state index in [1.54, 1.807) is 12.1 Å². The van der Waals surface area contributed by atoms with Crippen LogP contribution in [0.4, 0.5) is 5.69 Å². The fourth-order valence-electron chi connectivity index (χ4n) is 4.39. The van der Waals surface area contributed by atoms with Gasteiger partial charge in [-0.2, -0.15) is 4.31 Å². The van der Waals surface area contributed by atoms with E-state index in [1.807, 2.05) is 38.1 Å². The molecule has 0 atom stereocenters. The summed E-state index contributed by atoms with van der Waals surface area (Å²) in [6, 6.07) is 11.0. The highest BCUT2D eigenvalue weighted by molar-refractivity contribution is 7.89. The number of aromatic nitrogens is 1. The number of hydrogen-bond donors (Lipinski definition) is 2. The van der Waals surface area contributed by atoms with Crippen molar-refractivity contribution in [2.24, 2.45) is 0 Å². The molecular formula is C24H29N3O3S. The van der Waals surface area contributed by atoms with Gasteiger partial charge in [-0.05, 0) is 73.9 Å². The van der Waals surface area contributed by atoms with Gasteiger partial charge in [-0.3, -0.25) is 4.79 Å². The Hall–Kier alpha value is -2.64. The minimum atomic E-state index is -3.79. The predicted molar refractivity (Wildman–Crippen MR) is 124 cm³/mol. The second-order valence-electron chi connectivity index (χ2n) is 8.27. The third kappa shape index (κ3) is 4.12. The van der Waals surface area contributed by atoms with Crippen molar-refractivity contribution in [1.82, 2.24) is 9.29 Å². The summed E-state index contributed by atoms with van der Waals surface area (Å²) in [4.78, 5) is 16.3. The molecule has 0 saturated heterocycles. The summed E-state index contributed by atoms with van der Waals surface area (Å²) >= 11 is 0. The first-order valence-electron chi connectivity index (χ1n) is 10.8. The molecule has 0 radical (unpaired) electrons. The van der Waals surface area contributed by atoms with E-state index < -0.39 is 10.0 Å². The van der Waals surface area contributed by atoms with Crippen LogP contribution in [0.25, 0.3) is 10.9 Å². The van der Waals surface area contributed by atoms with E-state index in [1.165, 1.54) is 18.3 Å². The number of nitrogens with zero attached hydrogens (tertiary/aromatic N) is 1. The van der Waals surface area contributed by atoms with Gasteiger partial charge in [0.2, 0.25) is 15.9 Å². The molecule has 7 heteroatoms. The van der Waals surface area contributed by atoms with Crippen molar-refractivity contribution in [3.63, 3.8) is 0 Å². The van der Waals surface area contributed by atoms with Gasteiger partial charge in [0, 0.05) is 29.3 Å². The van der Waals surface area contributed by atoms with E-state index in [0.29, 0.717) is 0 Å². The highest BCUT2D eigenvalue weighted by Gasteiger charge is 2.25. The average Bonchev–Trinajstić information content (AvgIpc) is 3.13. The monoisotopic (exact) mass is 439 g/mol. The van der Waals surface area contributed by atoms with Crippen molar-refractivity contribution < 1.29 is 13.2 Å². The molecule has 1 aliphatic rings. The number of anilines is 1. The Morgan fingerprint density at radius 1 is 1.16 bits per heavy atom. The first-order valence-corrected chi connectivity index (χ1v) is 12.2. The first kappa shape index (κ1) is 21.6. The number of aryl methyl sites for hydroxylation is 4. The third-order valence-corrected chi connectivity index (χ3v) is 7.95. The van der Waals surface area contributed by atoms with Crippen molar-refractivity contribution in [2.45, 2.75) is 50.8 Å². The molecule has 1 aromatic heterocycles. The second-order valence-corrected chi connectivity index (χ2v) is 10.3. The highest BCUT2D eigenvalue weighted by Crippen LogP contribution is 2.31. The van der Waals surface area contributed by atoms with Crippen molar-refractivity contribution in [2.75, 3.05) is 18.9 Å². The van der Waals surface area contributed by atoms with Crippen LogP contribution in [0.2, 0.25) is 0 Å². The molecule has 164 valence electrons. The molecule has 0 aliphatic heterocycles. The minimum absolute atomic E-state index is 0.216. The van der Waals surface area contributed by atoms with Gasteiger partial charge in [-0.15, -0.1) is 0 Å². The molecule has 4 rings (SSSR count). The fraction of sp³-hybridized carbons (Fsp3) is 0.375. The lowest BCUT2D eigenvalue weighted by Crippen LogP contribution is -2.35. The number of nitrogens with one attached hydrogen (secondary N) is 2. The SMILES string of the molecule is CCc1cccc(C)c1NC(=O)CN(C)S(=O)(=O)c1ccc2[nH]c3c(c2c1)CCCC3. The predicted octanol–water partition coefficient (Wildman–Crippen LogP) is 4.18. The lowest BCUT2D eigenvalue weighted by Gasteiger charge is -2.19. The quantitative estimate of drug-likeness (QED) is 0.605. The molecule has 1 heterocycles. The fourth-order valence-corrected chi connectivity index (χ4v) is 5.55. The second kappa shape index (κ2) is 8.48. The molecule has 1 amide bonds. The number of sulfonamides is 1. The van der Waals surface area contributed by atoms with Crippen LogP contribution in [0.5, 0.6) is 0 Å². The zero-order chi connectivity index (χ0) is 22.2. The van der Waals surface area contributed by atoms with Gasteiger partial charge in [0.1, 0.15) is 0 Å². The van der Waals surface area contributed by atoms with Crippen molar-refractivity contribution in [3.05, 3.63) is 58.8 Å². The van der Waals surface area contributed by atoms with Crippen molar-refractivity contribution >= 4 is 32.5 Å². The summed E-state index contributed by atoms with van der Waals surface area (Å²) in [5.41, 5.74) is 6.17. The Morgan fingerprint density at radius 2 is 1.94 bits per heavy atom. The van der Waals surface area contributed by atoms with Gasteiger partial charge in [-0.1, -0.05) is 25.1 Å². The van der Waals surface area contributed by atoms with E-state index in [4.69, 9.17) is 0 Å². The maximum Gasteiger partial charge on any atom is 0.243 e. The zero-order valence-electron chi connectivity index (χ0n) is 18.3. The largest absolute Gasteiger partial charge is 0.358 e. The third-order valence-electron chi connectivity index (χ3n) is 6.15. The Kier molecular flexibility index (Phi) is 5.90. The highest BCUT2D eigenvalue weighted by atomic mass is 32.2. The number of aromatic amines is 1. The molecule has 0 bridgehead atoms. The molecule has 2 N–H and O–H groups in total. The molecule has 1 aliphatic carbocycles. The van der Waals surface area contributed by atoms with E-state index in [2.05, 4.69) is 10.3 Å². The van der Waals surface area contributed by atoms with Crippen LogP contribution in [-0.4, -0.2) is 37.2 Å². The van der Waals surface area contributed by atoms with Crippen LogP contribution in [-0.2, 0) is 34.1 Å². The van der Waals surface area contributed by atoms with Crippen LogP contribution >= 0.6 is 0 Å². The van der Waals surface area contributed by atoms with E-state index >= 15 is 0 Å². The number of carbonyl (C=O) groups excluding carboxylic acids is 1. The average molecular weight is 440 g/mol. The molecule has 0 saturated carbocycles. The van der Waals surface area contributed by atoms with Gasteiger partial charge < -0.3 is 10.3 Å². The number of hydrogen-bond acceptors (Lipinski definition) is 3. The standard InChI is InChI=1S/C24H29N3O3S/c1-4-17-9-7-8-16(2)24(17)26-23(28)15-27(3)31(29,30)18-12-13-22-20(14-18)19-10-5-6-11-21(19)25-22/h7-9,12-14,25H,4-6,10-11,15H2,1-3H3,(H,26,28). The van der Waals surface area contributed by atoms with E-state index in [9.17, 15) is 13.2 Å². The number of carbonyl (C=O) groups is 1. The molecule has 0 unspecified atom stereocenters. The number of benzene rings is 2. The molecule has 0 spiro atoms. The first-order chi connectivity index (χ1) is 14.8. The molecule has 2 aromatic carbocycles. The number of rotatable bonds is 6. The normalized spacial score (nSPS) is 14.1. The number of amides is 1. The Bertz CT molecular complexity index is 1240. The molecule has 31 heavy (non-hydrogen) atoms. The lowest BCUT2D eigenvalue weighted by molar-refractivity contribution is -0.116. The van der Waals surface area contributed by atoms with Gasteiger partial charge in [0.15, 0.2) is 0 Å². The van der Waals surface area contributed by atoms with Crippen LogP contribution in [0.3, 0.4) is 0 Å². The van der Waals surface area contributed by atoms with Crippen molar-refractivity contribution in [1.29, 1.82) is 0 Å². The van der Waals surface area contributed by atoms with Gasteiger partial charge in [-0.25, -0.2) is 8.42 Å². The minimum Gasteiger partial charge on any atom is -0.358 e. The number of para-hydroxylation sites is 1. The maximum absolute atomic E-state index is 13.2. The molecule has 6 nitrogen and oxygen atoms in total. The Morgan fingerprint density at radius 3 is 2.71 bits per heavy atom. The topological polar surface area (TPSA) is 82.3 Å².